The van der Waals surface area contributed by atoms with Crippen molar-refractivity contribution >= 4 is 46.2 Å². The van der Waals surface area contributed by atoms with Crippen molar-refractivity contribution in [1.29, 1.82) is 0 Å². The van der Waals surface area contributed by atoms with E-state index in [2.05, 4.69) is 71.9 Å². The highest BCUT2D eigenvalue weighted by atomic mass is 16.5. The van der Waals surface area contributed by atoms with E-state index in [1.165, 1.54) is 14.2 Å². The number of nitrogens with one attached hydrogen (secondary N) is 3. The molecule has 0 saturated carbocycles. The fraction of sp³-hybridized carbons (Fsp3) is 0.556. The molecule has 10 atom stereocenters. The Hall–Kier alpha value is -6.00. The van der Waals surface area contributed by atoms with E-state index in [9.17, 15) is 19.2 Å². The SMILES string of the molecule is COC(=O)NC(C(=O)N1[C@@H](C)CC[C@H]1c1ncc(-c2ccc3c(c2)COc2cc4c5c(ccc4cc2-3)N=C([C@@H]2CC[C@H](C)N2C(=O)[C@@H](NC(=O)OC)C2C[C@@H](C)O[C@H](C)C2)C5)[nH]1)C1C[C@@H](C)O[C@H](C)C1. The van der Waals surface area contributed by atoms with Crippen LogP contribution in [0.1, 0.15) is 116 Å². The first-order valence-electron chi connectivity index (χ1n) is 25.3. The Kier molecular flexibility index (Phi) is 13.1. The van der Waals surface area contributed by atoms with Gasteiger partial charge in [0, 0.05) is 29.8 Å². The Balaban J connectivity index is 0.865. The van der Waals surface area contributed by atoms with Crippen LogP contribution >= 0.6 is 0 Å². The summed E-state index contributed by atoms with van der Waals surface area (Å²) in [5, 5.41) is 7.97. The summed E-state index contributed by atoms with van der Waals surface area (Å²) in [6.07, 6.45) is 6.95. The quantitative estimate of drug-likeness (QED) is 0.147. The van der Waals surface area contributed by atoms with Crippen LogP contribution in [-0.4, -0.2) is 118 Å². The van der Waals surface area contributed by atoms with Crippen molar-refractivity contribution in [2.24, 2.45) is 16.8 Å². The number of methoxy groups -OCH3 is 2. The molecule has 0 spiro atoms. The molecule has 0 bridgehead atoms. The van der Waals surface area contributed by atoms with Gasteiger partial charge in [-0.3, -0.25) is 14.6 Å². The molecule has 4 aromatic rings. The number of ether oxygens (including phenoxy) is 5. The molecule has 1 unspecified atom stereocenters. The fourth-order valence-electron chi connectivity index (χ4n) is 12.8. The van der Waals surface area contributed by atoms with E-state index < -0.39 is 24.3 Å². The number of benzene rings is 3. The summed E-state index contributed by atoms with van der Waals surface area (Å²) in [7, 11) is 2.65. The number of likely N-dealkylation sites (tertiary alicyclic amines) is 2. The lowest BCUT2D eigenvalue weighted by Gasteiger charge is -2.39. The highest BCUT2D eigenvalue weighted by Crippen LogP contribution is 2.46. The Labute approximate surface area is 409 Å². The number of nitrogens with zero attached hydrogens (tertiary/aromatic N) is 4. The summed E-state index contributed by atoms with van der Waals surface area (Å²) in [6.45, 7) is 12.6. The van der Waals surface area contributed by atoms with Crippen molar-refractivity contribution in [3.63, 3.8) is 0 Å². The average Bonchev–Trinajstić information content (AvgIpc) is 4.16. The number of carbonyl (C=O) groups is 4. The maximum absolute atomic E-state index is 14.7. The van der Waals surface area contributed by atoms with Crippen LogP contribution in [0.2, 0.25) is 0 Å². The summed E-state index contributed by atoms with van der Waals surface area (Å²) in [6, 6.07) is 13.0. The molecule has 0 radical (unpaired) electrons. The van der Waals surface area contributed by atoms with Gasteiger partial charge in [0.25, 0.3) is 0 Å². The third kappa shape index (κ3) is 9.01. The highest BCUT2D eigenvalue weighted by molar-refractivity contribution is 6.07. The van der Waals surface area contributed by atoms with Gasteiger partial charge < -0.3 is 49.1 Å². The number of amides is 4. The van der Waals surface area contributed by atoms with Crippen molar-refractivity contribution in [1.82, 2.24) is 30.4 Å². The number of imidazole rings is 1. The first-order chi connectivity index (χ1) is 33.7. The second-order valence-corrected chi connectivity index (χ2v) is 20.8. The summed E-state index contributed by atoms with van der Waals surface area (Å²) in [4.78, 5) is 71.9. The fourth-order valence-corrected chi connectivity index (χ4v) is 12.8. The Bertz CT molecular complexity index is 2700. The largest absolute Gasteiger partial charge is 0.488 e. The lowest BCUT2D eigenvalue weighted by Crippen LogP contribution is -2.57. The molecule has 6 aliphatic heterocycles. The molecule has 4 amide bonds. The minimum Gasteiger partial charge on any atom is -0.488 e. The Morgan fingerprint density at radius 2 is 1.30 bits per heavy atom. The monoisotopic (exact) mass is 958 g/mol. The summed E-state index contributed by atoms with van der Waals surface area (Å²) >= 11 is 0. The molecule has 4 saturated heterocycles. The van der Waals surface area contributed by atoms with E-state index in [1.807, 2.05) is 43.7 Å². The number of aromatic nitrogens is 2. The molecule has 0 aliphatic carbocycles. The second-order valence-electron chi connectivity index (χ2n) is 20.8. The van der Waals surface area contributed by atoms with Crippen molar-refractivity contribution in [2.75, 3.05) is 14.2 Å². The molecule has 70 heavy (non-hydrogen) atoms. The van der Waals surface area contributed by atoms with Gasteiger partial charge >= 0.3 is 12.2 Å². The first-order valence-corrected chi connectivity index (χ1v) is 25.3. The predicted octanol–water partition coefficient (Wildman–Crippen LogP) is 8.71. The number of alkyl carbamates (subject to hydrolysis) is 2. The van der Waals surface area contributed by atoms with E-state index in [0.717, 1.165) is 87.1 Å². The number of aromatic amines is 1. The maximum atomic E-state index is 14.7. The zero-order valence-corrected chi connectivity index (χ0v) is 41.6. The lowest BCUT2D eigenvalue weighted by atomic mass is 9.85. The number of hydrogen-bond donors (Lipinski definition) is 3. The summed E-state index contributed by atoms with van der Waals surface area (Å²) in [5.41, 5.74) is 7.98. The number of aliphatic imine (C=N–C) groups is 1. The number of rotatable bonds is 9. The average molecular weight is 958 g/mol. The third-order valence-corrected chi connectivity index (χ3v) is 15.9. The maximum Gasteiger partial charge on any atom is 0.407 e. The Morgan fingerprint density at radius 1 is 0.714 bits per heavy atom. The van der Waals surface area contributed by atoms with Crippen molar-refractivity contribution in [2.45, 2.75) is 167 Å². The first kappa shape index (κ1) is 47.7. The van der Waals surface area contributed by atoms with Crippen LogP contribution in [0.25, 0.3) is 33.2 Å². The third-order valence-electron chi connectivity index (χ3n) is 15.9. The molecule has 16 nitrogen and oxygen atoms in total. The molecule has 10 rings (SSSR count). The highest BCUT2D eigenvalue weighted by Gasteiger charge is 2.47. The smallest absolute Gasteiger partial charge is 0.407 e. The Morgan fingerprint density at radius 3 is 1.90 bits per heavy atom. The van der Waals surface area contributed by atoms with Crippen LogP contribution in [-0.2, 0) is 41.6 Å². The van der Waals surface area contributed by atoms with Crippen molar-refractivity contribution in [3.8, 4) is 28.1 Å². The molecule has 6 aliphatic rings. The molecule has 1 aromatic heterocycles. The minimum absolute atomic E-state index is 0.0161. The molecular formula is C54H67N7O9. The molecule has 7 heterocycles. The molecule has 3 N–H and O–H groups in total. The van der Waals surface area contributed by atoms with Gasteiger partial charge in [-0.2, -0.15) is 0 Å². The molecule has 4 fully saturated rings. The number of fused-ring (bicyclic) bond motifs is 6. The second kappa shape index (κ2) is 19.3. The topological polar surface area (TPSA) is 186 Å². The van der Waals surface area contributed by atoms with Crippen LogP contribution in [0.5, 0.6) is 5.75 Å². The van der Waals surface area contributed by atoms with Crippen LogP contribution in [0.4, 0.5) is 15.3 Å². The molecular weight excluding hydrogens is 891 g/mol. The van der Waals surface area contributed by atoms with Gasteiger partial charge in [-0.15, -0.1) is 0 Å². The normalized spacial score (nSPS) is 29.0. The number of hydrogen-bond acceptors (Lipinski definition) is 11. The van der Waals surface area contributed by atoms with Gasteiger partial charge in [-0.05, 0) is 162 Å². The lowest BCUT2D eigenvalue weighted by molar-refractivity contribution is -0.140. The zero-order chi connectivity index (χ0) is 49.1. The molecule has 3 aromatic carbocycles. The van der Waals surface area contributed by atoms with E-state index in [0.29, 0.717) is 44.5 Å². The van der Waals surface area contributed by atoms with Crippen molar-refractivity contribution < 1.29 is 42.9 Å². The van der Waals surface area contributed by atoms with Gasteiger partial charge in [-0.25, -0.2) is 14.6 Å². The van der Waals surface area contributed by atoms with Crippen LogP contribution in [0.15, 0.2) is 53.7 Å². The van der Waals surface area contributed by atoms with E-state index >= 15 is 0 Å². The molecule has 372 valence electrons. The van der Waals surface area contributed by atoms with E-state index in [-0.39, 0.29) is 72.2 Å². The minimum atomic E-state index is -0.747. The van der Waals surface area contributed by atoms with Gasteiger partial charge in [0.2, 0.25) is 11.8 Å². The van der Waals surface area contributed by atoms with Gasteiger partial charge in [0.1, 0.15) is 30.3 Å². The van der Waals surface area contributed by atoms with Gasteiger partial charge in [0.05, 0.1) is 68.3 Å². The standard InChI is InChI=1S/C54H67N7O9/c1-27-9-15-45(60(27)51(62)48(58-53(64)66-7)35-17-29(3)69-30(4)18-35)43-23-40-39-24-47-41(22-33(39)12-14-42(40)56-43)38-13-11-34(21-37(38)26-68-47)44-25-55-50(57-44)46-16-10-28(2)61(46)52(63)49(59-54(65)67-8)36-19-31(5)70-32(6)20-36/h11-14,21-22,24-25,27-32,35-36,45-46,48-49H,9-10,15-20,23,26H2,1-8H3,(H,55,57)(H,58,64)(H,59,65)/t27-,28-,29+,30+,31+,32+,45-,46-,48-,49?/m0/s1. The van der Waals surface area contributed by atoms with Crippen molar-refractivity contribution in [3.05, 3.63) is 65.6 Å². The van der Waals surface area contributed by atoms with Crippen LogP contribution in [0, 0.1) is 11.8 Å². The molecule has 16 heteroatoms. The van der Waals surface area contributed by atoms with Gasteiger partial charge in [-0.1, -0.05) is 18.2 Å². The predicted molar refractivity (Wildman–Crippen MR) is 264 cm³/mol. The summed E-state index contributed by atoms with van der Waals surface area (Å²) in [5.74, 6) is 1.12. The van der Waals surface area contributed by atoms with Crippen LogP contribution < -0.4 is 15.4 Å². The van der Waals surface area contributed by atoms with E-state index in [4.69, 9.17) is 33.7 Å². The van der Waals surface area contributed by atoms with E-state index in [1.54, 1.807) is 0 Å². The number of carbonyl (C=O) groups excluding carboxylic acids is 4. The zero-order valence-electron chi connectivity index (χ0n) is 41.6. The van der Waals surface area contributed by atoms with Gasteiger partial charge in [0.15, 0.2) is 0 Å². The summed E-state index contributed by atoms with van der Waals surface area (Å²) < 4.78 is 28.5. The number of H-pyrrole nitrogens is 1. The van der Waals surface area contributed by atoms with Crippen LogP contribution in [0.3, 0.4) is 0 Å².